The first-order valence-corrected chi connectivity index (χ1v) is 10.9. The number of nitrogens with zero attached hydrogens (tertiary/aromatic N) is 4. The van der Waals surface area contributed by atoms with Crippen LogP contribution in [0.1, 0.15) is 44.1 Å². The normalized spacial score (nSPS) is 16.1. The van der Waals surface area contributed by atoms with Crippen molar-refractivity contribution >= 4 is 5.96 Å². The van der Waals surface area contributed by atoms with E-state index in [1.54, 1.807) is 7.11 Å². The molecule has 0 bridgehead atoms. The Morgan fingerprint density at radius 3 is 2.73 bits per heavy atom. The highest BCUT2D eigenvalue weighted by Crippen LogP contribution is 2.27. The number of hydrogen-bond donors (Lipinski definition) is 2. The summed E-state index contributed by atoms with van der Waals surface area (Å²) >= 11 is 0. The van der Waals surface area contributed by atoms with Crippen molar-refractivity contribution in [2.24, 2.45) is 10.9 Å². The Balaban J connectivity index is 1.62. The average Bonchev–Trinajstić information content (AvgIpc) is 3.43. The minimum Gasteiger partial charge on any atom is -0.497 e. The van der Waals surface area contributed by atoms with Gasteiger partial charge in [-0.1, -0.05) is 26.0 Å². The summed E-state index contributed by atoms with van der Waals surface area (Å²) in [5, 5.41) is 6.94. The molecule has 2 aromatic rings. The number of guanidine groups is 1. The first-order valence-electron chi connectivity index (χ1n) is 10.9. The van der Waals surface area contributed by atoms with Crippen LogP contribution in [-0.2, 0) is 13.1 Å². The summed E-state index contributed by atoms with van der Waals surface area (Å²) in [6.07, 6.45) is 6.42. The summed E-state index contributed by atoms with van der Waals surface area (Å²) in [4.78, 5) is 11.5. The zero-order valence-corrected chi connectivity index (χ0v) is 18.8. The second-order valence-corrected chi connectivity index (χ2v) is 8.23. The molecule has 1 aliphatic rings. The monoisotopic (exact) mass is 412 g/mol. The molecule has 1 aliphatic heterocycles. The van der Waals surface area contributed by atoms with Crippen LogP contribution in [0.3, 0.4) is 0 Å². The Kier molecular flexibility index (Phi) is 8.13. The van der Waals surface area contributed by atoms with Crippen molar-refractivity contribution in [3.63, 3.8) is 0 Å². The quantitative estimate of drug-likeness (QED) is 0.489. The summed E-state index contributed by atoms with van der Waals surface area (Å²) in [5.41, 5.74) is 1.27. The molecule has 1 fully saturated rings. The highest BCUT2D eigenvalue weighted by Gasteiger charge is 2.24. The van der Waals surface area contributed by atoms with Gasteiger partial charge in [0, 0.05) is 32.5 Å². The lowest BCUT2D eigenvalue weighted by Crippen LogP contribution is -2.42. The molecule has 1 aromatic carbocycles. The zero-order chi connectivity index (χ0) is 21.3. The van der Waals surface area contributed by atoms with Crippen molar-refractivity contribution < 1.29 is 4.74 Å². The van der Waals surface area contributed by atoms with Gasteiger partial charge in [0.2, 0.25) is 0 Å². The second kappa shape index (κ2) is 11.0. The molecule has 164 valence electrons. The van der Waals surface area contributed by atoms with E-state index in [1.807, 2.05) is 25.5 Å². The molecule has 0 spiro atoms. The summed E-state index contributed by atoms with van der Waals surface area (Å²) < 4.78 is 7.65. The number of ether oxygens (including phenoxy) is 1. The zero-order valence-electron chi connectivity index (χ0n) is 18.8. The molecule has 7 heteroatoms. The van der Waals surface area contributed by atoms with E-state index in [-0.39, 0.29) is 6.04 Å². The minimum absolute atomic E-state index is 0.282. The Morgan fingerprint density at radius 1 is 1.23 bits per heavy atom. The summed E-state index contributed by atoms with van der Waals surface area (Å²) in [6.45, 7) is 9.09. The van der Waals surface area contributed by atoms with Gasteiger partial charge < -0.3 is 19.9 Å². The number of nitrogens with one attached hydrogen (secondary N) is 2. The fraction of sp³-hybridized carbons (Fsp3) is 0.565. The molecule has 3 rings (SSSR count). The second-order valence-electron chi connectivity index (χ2n) is 8.23. The maximum absolute atomic E-state index is 5.45. The number of likely N-dealkylation sites (tertiary alicyclic amines) is 1. The average molecular weight is 413 g/mol. The van der Waals surface area contributed by atoms with Crippen LogP contribution in [0.25, 0.3) is 0 Å². The van der Waals surface area contributed by atoms with E-state index < -0.39 is 0 Å². The van der Waals surface area contributed by atoms with E-state index in [9.17, 15) is 0 Å². The third kappa shape index (κ3) is 5.98. The van der Waals surface area contributed by atoms with Gasteiger partial charge >= 0.3 is 0 Å². The van der Waals surface area contributed by atoms with Crippen molar-refractivity contribution in [2.75, 3.05) is 33.8 Å². The van der Waals surface area contributed by atoms with Crippen molar-refractivity contribution in [3.05, 3.63) is 48.0 Å². The van der Waals surface area contributed by atoms with Crippen LogP contribution >= 0.6 is 0 Å². The standard InChI is InChI=1S/C23H36N6O/c1-18(2)17-29-13-10-25-22(29)16-27-23(24-3)26-15-21(28-11-5-6-12-28)19-8-7-9-20(14-19)30-4/h7-10,13-14,18,21H,5-6,11-12,15-17H2,1-4H3,(H2,24,26,27). The van der Waals surface area contributed by atoms with Gasteiger partial charge in [0.05, 0.1) is 19.7 Å². The van der Waals surface area contributed by atoms with Gasteiger partial charge in [0.15, 0.2) is 5.96 Å². The number of rotatable bonds is 9. The molecule has 1 aromatic heterocycles. The molecule has 0 aliphatic carbocycles. The van der Waals surface area contributed by atoms with Gasteiger partial charge in [0.25, 0.3) is 0 Å². The third-order valence-corrected chi connectivity index (χ3v) is 5.52. The van der Waals surface area contributed by atoms with Gasteiger partial charge in [0.1, 0.15) is 11.6 Å². The van der Waals surface area contributed by atoms with Crippen molar-refractivity contribution in [1.82, 2.24) is 25.1 Å². The van der Waals surface area contributed by atoms with Gasteiger partial charge in [-0.05, 0) is 49.5 Å². The lowest BCUT2D eigenvalue weighted by atomic mass is 10.1. The summed E-state index contributed by atoms with van der Waals surface area (Å²) in [6, 6.07) is 8.68. The molecular formula is C23H36N6O. The number of methoxy groups -OCH3 is 1. The van der Waals surface area contributed by atoms with E-state index in [0.717, 1.165) is 43.7 Å². The van der Waals surface area contributed by atoms with Crippen molar-refractivity contribution in [3.8, 4) is 5.75 Å². The number of aromatic nitrogens is 2. The van der Waals surface area contributed by atoms with Crippen LogP contribution in [0.15, 0.2) is 41.7 Å². The van der Waals surface area contributed by atoms with E-state index in [4.69, 9.17) is 4.74 Å². The summed E-state index contributed by atoms with van der Waals surface area (Å²) in [5.74, 6) is 3.30. The van der Waals surface area contributed by atoms with E-state index in [0.29, 0.717) is 12.5 Å². The first-order chi connectivity index (χ1) is 14.6. The Labute approximate surface area is 180 Å². The molecule has 0 amide bonds. The predicted octanol–water partition coefficient (Wildman–Crippen LogP) is 3.05. The van der Waals surface area contributed by atoms with Crippen LogP contribution in [-0.4, -0.2) is 54.2 Å². The van der Waals surface area contributed by atoms with Gasteiger partial charge in [-0.3, -0.25) is 9.89 Å². The smallest absolute Gasteiger partial charge is 0.191 e. The topological polar surface area (TPSA) is 66.7 Å². The van der Waals surface area contributed by atoms with Crippen LogP contribution < -0.4 is 15.4 Å². The highest BCUT2D eigenvalue weighted by molar-refractivity contribution is 5.79. The molecular weight excluding hydrogens is 376 g/mol. The molecule has 0 radical (unpaired) electrons. The first kappa shape index (κ1) is 22.2. The lowest BCUT2D eigenvalue weighted by molar-refractivity contribution is 0.245. The fourth-order valence-corrected chi connectivity index (χ4v) is 4.00. The molecule has 30 heavy (non-hydrogen) atoms. The van der Waals surface area contributed by atoms with Crippen LogP contribution in [0.5, 0.6) is 5.75 Å². The van der Waals surface area contributed by atoms with Gasteiger partial charge in [-0.25, -0.2) is 4.98 Å². The summed E-state index contributed by atoms with van der Waals surface area (Å²) in [7, 11) is 3.53. The maximum atomic E-state index is 5.45. The Bertz CT molecular complexity index is 810. The van der Waals surface area contributed by atoms with E-state index in [1.165, 1.54) is 18.4 Å². The number of hydrogen-bond acceptors (Lipinski definition) is 4. The number of imidazole rings is 1. The molecule has 2 heterocycles. The molecule has 1 saturated heterocycles. The maximum Gasteiger partial charge on any atom is 0.191 e. The van der Waals surface area contributed by atoms with Gasteiger partial charge in [-0.2, -0.15) is 0 Å². The molecule has 1 atom stereocenters. The van der Waals surface area contributed by atoms with Crippen molar-refractivity contribution in [1.29, 1.82) is 0 Å². The van der Waals surface area contributed by atoms with Crippen LogP contribution in [0.2, 0.25) is 0 Å². The van der Waals surface area contributed by atoms with Crippen LogP contribution in [0, 0.1) is 5.92 Å². The van der Waals surface area contributed by atoms with Gasteiger partial charge in [-0.15, -0.1) is 0 Å². The van der Waals surface area contributed by atoms with E-state index in [2.05, 4.69) is 62.1 Å². The lowest BCUT2D eigenvalue weighted by Gasteiger charge is -2.29. The number of benzene rings is 1. The Hall–Kier alpha value is -2.54. The molecule has 2 N–H and O–H groups in total. The number of aliphatic imine (C=N–C) groups is 1. The minimum atomic E-state index is 0.282. The molecule has 7 nitrogen and oxygen atoms in total. The largest absolute Gasteiger partial charge is 0.497 e. The van der Waals surface area contributed by atoms with Crippen LogP contribution in [0.4, 0.5) is 0 Å². The SMILES string of the molecule is CN=C(NCc1nccn1CC(C)C)NCC(c1cccc(OC)c1)N1CCCC1. The molecule has 1 unspecified atom stereocenters. The molecule has 0 saturated carbocycles. The predicted molar refractivity (Wildman–Crippen MR) is 122 cm³/mol. The fourth-order valence-electron chi connectivity index (χ4n) is 4.00. The van der Waals surface area contributed by atoms with Crippen molar-refractivity contribution in [2.45, 2.75) is 45.8 Å². The third-order valence-electron chi connectivity index (χ3n) is 5.52. The Morgan fingerprint density at radius 2 is 2.03 bits per heavy atom. The highest BCUT2D eigenvalue weighted by atomic mass is 16.5. The van der Waals surface area contributed by atoms with E-state index >= 15 is 0 Å².